The van der Waals surface area contributed by atoms with E-state index in [0.717, 1.165) is 10.8 Å². The number of aryl methyl sites for hydroxylation is 1. The van der Waals surface area contributed by atoms with Crippen LogP contribution in [0.2, 0.25) is 0 Å². The highest BCUT2D eigenvalue weighted by Crippen LogP contribution is 2.20. The van der Waals surface area contributed by atoms with Crippen molar-refractivity contribution in [3.8, 4) is 0 Å². The third-order valence-electron chi connectivity index (χ3n) is 2.46. The van der Waals surface area contributed by atoms with Gasteiger partial charge in [-0.2, -0.15) is 0 Å². The Morgan fingerprint density at radius 1 is 1.33 bits per heavy atom. The van der Waals surface area contributed by atoms with Gasteiger partial charge in [0.25, 0.3) is 0 Å². The molecule has 1 heterocycles. The van der Waals surface area contributed by atoms with Crippen molar-refractivity contribution in [1.29, 1.82) is 0 Å². The van der Waals surface area contributed by atoms with E-state index in [1.165, 1.54) is 16.5 Å². The Balaban J connectivity index is 2.60. The van der Waals surface area contributed by atoms with E-state index in [9.17, 15) is 0 Å². The fraction of sp³-hybridized carbons (Fsp3) is 0.154. The Morgan fingerprint density at radius 2 is 2.20 bits per heavy atom. The molecule has 1 nitrogen and oxygen atoms in total. The van der Waals surface area contributed by atoms with Crippen molar-refractivity contribution in [2.45, 2.75) is 6.92 Å². The number of fused-ring (bicyclic) bond motifs is 1. The predicted molar refractivity (Wildman–Crippen MR) is 69.3 cm³/mol. The van der Waals surface area contributed by atoms with Crippen LogP contribution in [0.4, 0.5) is 0 Å². The van der Waals surface area contributed by atoms with E-state index in [-0.39, 0.29) is 0 Å². The lowest BCUT2D eigenvalue weighted by molar-refractivity contribution is 1.36. The number of alkyl halides is 1. The van der Waals surface area contributed by atoms with Crippen LogP contribution >= 0.6 is 15.9 Å². The number of aromatic nitrogens is 1. The molecule has 2 heteroatoms. The van der Waals surface area contributed by atoms with Crippen molar-refractivity contribution in [3.05, 3.63) is 47.7 Å². The lowest BCUT2D eigenvalue weighted by Crippen LogP contribution is -1.86. The van der Waals surface area contributed by atoms with Crippen LogP contribution in [0.5, 0.6) is 0 Å². The summed E-state index contributed by atoms with van der Waals surface area (Å²) in [6.45, 7) is 2.11. The van der Waals surface area contributed by atoms with E-state index in [1.54, 1.807) is 0 Å². The molecule has 0 aliphatic carbocycles. The van der Waals surface area contributed by atoms with Gasteiger partial charge in [-0.1, -0.05) is 46.3 Å². The molecule has 1 aromatic carbocycles. The molecular formula is C13H12BrN. The van der Waals surface area contributed by atoms with E-state index in [2.05, 4.69) is 58.2 Å². The minimum atomic E-state index is 0.882. The average Bonchev–Trinajstić information content (AvgIpc) is 2.29. The fourth-order valence-corrected chi connectivity index (χ4v) is 1.85. The molecule has 1 aromatic heterocycles. The molecule has 0 saturated carbocycles. The molecular weight excluding hydrogens is 250 g/mol. The van der Waals surface area contributed by atoms with Crippen LogP contribution in [0.3, 0.4) is 0 Å². The normalized spacial score (nSPS) is 11.3. The van der Waals surface area contributed by atoms with Gasteiger partial charge in [0.2, 0.25) is 0 Å². The first-order valence-corrected chi connectivity index (χ1v) is 6.02. The van der Waals surface area contributed by atoms with Gasteiger partial charge in [-0.25, -0.2) is 0 Å². The monoisotopic (exact) mass is 261 g/mol. The van der Waals surface area contributed by atoms with Crippen molar-refractivity contribution in [1.82, 2.24) is 4.98 Å². The molecule has 0 spiro atoms. The molecule has 0 saturated heterocycles. The number of halogens is 1. The second kappa shape index (κ2) is 4.58. The zero-order chi connectivity index (χ0) is 10.7. The zero-order valence-electron chi connectivity index (χ0n) is 8.57. The molecule has 2 rings (SSSR count). The van der Waals surface area contributed by atoms with Gasteiger partial charge in [0.1, 0.15) is 0 Å². The number of allylic oxidation sites excluding steroid dienone is 1. The van der Waals surface area contributed by atoms with E-state index in [4.69, 9.17) is 0 Å². The van der Waals surface area contributed by atoms with E-state index < -0.39 is 0 Å². The maximum Gasteiger partial charge on any atom is 0.0737 e. The first-order chi connectivity index (χ1) is 7.33. The molecule has 0 aliphatic heterocycles. The summed E-state index contributed by atoms with van der Waals surface area (Å²) in [4.78, 5) is 4.40. The Bertz CT molecular complexity index is 503. The van der Waals surface area contributed by atoms with Crippen molar-refractivity contribution in [2.75, 3.05) is 5.33 Å². The summed E-state index contributed by atoms with van der Waals surface area (Å²) in [5.41, 5.74) is 3.57. The summed E-state index contributed by atoms with van der Waals surface area (Å²) in [5, 5.41) is 2.08. The smallest absolute Gasteiger partial charge is 0.0737 e. The quantitative estimate of drug-likeness (QED) is 0.747. The van der Waals surface area contributed by atoms with Gasteiger partial charge in [-0.05, 0) is 24.1 Å². The molecule has 0 fully saturated rings. The maximum absolute atomic E-state index is 4.40. The predicted octanol–water partition coefficient (Wildman–Crippen LogP) is 3.95. The minimum Gasteiger partial charge on any atom is -0.256 e. The molecule has 0 atom stereocenters. The zero-order valence-corrected chi connectivity index (χ0v) is 10.2. The lowest BCUT2D eigenvalue weighted by Gasteiger charge is -2.04. The first kappa shape index (κ1) is 10.4. The van der Waals surface area contributed by atoms with E-state index in [1.807, 2.05) is 12.3 Å². The summed E-state index contributed by atoms with van der Waals surface area (Å²) in [6, 6.07) is 8.31. The molecule has 2 aromatic rings. The third kappa shape index (κ3) is 2.10. The van der Waals surface area contributed by atoms with E-state index in [0.29, 0.717) is 0 Å². The number of hydrogen-bond donors (Lipinski definition) is 0. The van der Waals surface area contributed by atoms with Gasteiger partial charge in [0, 0.05) is 16.9 Å². The topological polar surface area (TPSA) is 12.9 Å². The van der Waals surface area contributed by atoms with Crippen molar-refractivity contribution in [2.24, 2.45) is 0 Å². The van der Waals surface area contributed by atoms with Gasteiger partial charge in [-0.3, -0.25) is 4.98 Å². The van der Waals surface area contributed by atoms with Gasteiger partial charge < -0.3 is 0 Å². The van der Waals surface area contributed by atoms with Gasteiger partial charge >= 0.3 is 0 Å². The fourth-order valence-electron chi connectivity index (χ4n) is 1.66. The van der Waals surface area contributed by atoms with Crippen LogP contribution in [-0.2, 0) is 0 Å². The van der Waals surface area contributed by atoms with Crippen LogP contribution in [0.15, 0.2) is 36.5 Å². The summed E-state index contributed by atoms with van der Waals surface area (Å²) in [7, 11) is 0. The highest BCUT2D eigenvalue weighted by Gasteiger charge is 2.00. The number of hydrogen-bond acceptors (Lipinski definition) is 1. The molecule has 0 amide bonds. The van der Waals surface area contributed by atoms with Crippen LogP contribution < -0.4 is 0 Å². The van der Waals surface area contributed by atoms with Crippen molar-refractivity contribution >= 4 is 32.9 Å². The van der Waals surface area contributed by atoms with Crippen LogP contribution in [-0.4, -0.2) is 10.3 Å². The molecule has 76 valence electrons. The Hall–Kier alpha value is -1.15. The standard InChI is InChI=1S/C13H12BrN/c1-10-11(4-2-8-14)6-7-12-5-3-9-15-13(10)12/h2-7,9H,8H2,1H3. The van der Waals surface area contributed by atoms with Crippen LogP contribution in [0.25, 0.3) is 17.0 Å². The summed E-state index contributed by atoms with van der Waals surface area (Å²) < 4.78 is 0. The van der Waals surface area contributed by atoms with Gasteiger partial charge in [0.15, 0.2) is 0 Å². The second-order valence-corrected chi connectivity index (χ2v) is 4.06. The number of rotatable bonds is 2. The molecule has 0 unspecified atom stereocenters. The number of pyridine rings is 1. The Morgan fingerprint density at radius 3 is 3.00 bits per heavy atom. The van der Waals surface area contributed by atoms with Gasteiger partial charge in [-0.15, -0.1) is 0 Å². The highest BCUT2D eigenvalue weighted by atomic mass is 79.9. The maximum atomic E-state index is 4.40. The lowest BCUT2D eigenvalue weighted by atomic mass is 10.0. The number of nitrogens with zero attached hydrogens (tertiary/aromatic N) is 1. The molecule has 0 N–H and O–H groups in total. The Labute approximate surface area is 98.0 Å². The summed E-state index contributed by atoms with van der Waals surface area (Å²) in [5.74, 6) is 0. The van der Waals surface area contributed by atoms with E-state index >= 15 is 0 Å². The molecule has 0 radical (unpaired) electrons. The average molecular weight is 262 g/mol. The van der Waals surface area contributed by atoms with Crippen molar-refractivity contribution < 1.29 is 0 Å². The molecule has 0 aliphatic rings. The SMILES string of the molecule is Cc1c(C=CCBr)ccc2cccnc12. The number of benzene rings is 1. The second-order valence-electron chi connectivity index (χ2n) is 3.41. The highest BCUT2D eigenvalue weighted by molar-refractivity contribution is 9.09. The van der Waals surface area contributed by atoms with Gasteiger partial charge in [0.05, 0.1) is 5.52 Å². The van der Waals surface area contributed by atoms with Crippen LogP contribution in [0, 0.1) is 6.92 Å². The first-order valence-electron chi connectivity index (χ1n) is 4.90. The minimum absolute atomic E-state index is 0.882. The molecule has 15 heavy (non-hydrogen) atoms. The summed E-state index contributed by atoms with van der Waals surface area (Å²) >= 11 is 3.38. The summed E-state index contributed by atoms with van der Waals surface area (Å²) in [6.07, 6.45) is 6.06. The molecule has 0 bridgehead atoms. The Kier molecular flexibility index (Phi) is 3.17. The third-order valence-corrected chi connectivity index (χ3v) is 2.83. The van der Waals surface area contributed by atoms with Crippen molar-refractivity contribution in [3.63, 3.8) is 0 Å². The van der Waals surface area contributed by atoms with Crippen LogP contribution in [0.1, 0.15) is 11.1 Å². The largest absolute Gasteiger partial charge is 0.256 e.